The van der Waals surface area contributed by atoms with Gasteiger partial charge in [-0.3, -0.25) is 4.99 Å². The molecular weight excluding hydrogens is 332 g/mol. The number of rotatable bonds is 6. The normalized spacial score (nSPS) is 17.6. The third kappa shape index (κ3) is 5.17. The fourth-order valence-electron chi connectivity index (χ4n) is 3.20. The molecular formula is C19H28N4OS. The molecule has 1 unspecified atom stereocenters. The Labute approximate surface area is 153 Å². The number of aliphatic hydroxyl groups is 1. The average molecular weight is 361 g/mol. The second-order valence-corrected chi connectivity index (χ2v) is 7.60. The van der Waals surface area contributed by atoms with Crippen molar-refractivity contribution in [1.82, 2.24) is 15.5 Å². The maximum absolute atomic E-state index is 10.5. The Morgan fingerprint density at radius 2 is 2.04 bits per heavy atom. The molecule has 25 heavy (non-hydrogen) atoms. The van der Waals surface area contributed by atoms with Crippen LogP contribution in [0.15, 0.2) is 35.3 Å². The maximum atomic E-state index is 10.5. The molecule has 1 atom stereocenters. The first kappa shape index (κ1) is 18.2. The van der Waals surface area contributed by atoms with Crippen LogP contribution in [-0.4, -0.2) is 55.7 Å². The molecule has 2 aromatic rings. The van der Waals surface area contributed by atoms with E-state index in [1.54, 1.807) is 18.4 Å². The molecule has 2 heterocycles. The Morgan fingerprint density at radius 3 is 2.80 bits per heavy atom. The molecule has 136 valence electrons. The van der Waals surface area contributed by atoms with Crippen LogP contribution in [0.4, 0.5) is 0 Å². The van der Waals surface area contributed by atoms with Gasteiger partial charge in [0.15, 0.2) is 5.96 Å². The number of fused-ring (bicyclic) bond motifs is 1. The van der Waals surface area contributed by atoms with Gasteiger partial charge in [-0.2, -0.15) is 0 Å². The van der Waals surface area contributed by atoms with Crippen molar-refractivity contribution >= 4 is 27.4 Å². The summed E-state index contributed by atoms with van der Waals surface area (Å²) in [6, 6.07) is 10.3. The summed E-state index contributed by atoms with van der Waals surface area (Å²) in [7, 11) is 1.77. The van der Waals surface area contributed by atoms with Gasteiger partial charge in [-0.1, -0.05) is 24.6 Å². The van der Waals surface area contributed by atoms with Crippen LogP contribution in [0.2, 0.25) is 0 Å². The van der Waals surface area contributed by atoms with Crippen molar-refractivity contribution < 1.29 is 5.11 Å². The minimum atomic E-state index is -0.530. The molecule has 1 aliphatic heterocycles. The van der Waals surface area contributed by atoms with Crippen LogP contribution in [0.25, 0.3) is 10.1 Å². The molecule has 6 heteroatoms. The summed E-state index contributed by atoms with van der Waals surface area (Å²) < 4.78 is 1.21. The van der Waals surface area contributed by atoms with Gasteiger partial charge in [-0.25, -0.2) is 0 Å². The third-order valence-corrected chi connectivity index (χ3v) is 5.85. The number of hydrogen-bond acceptors (Lipinski definition) is 4. The Morgan fingerprint density at radius 1 is 1.24 bits per heavy atom. The zero-order chi connectivity index (χ0) is 17.5. The van der Waals surface area contributed by atoms with E-state index >= 15 is 0 Å². The number of piperidine rings is 1. The molecule has 5 nitrogen and oxygen atoms in total. The van der Waals surface area contributed by atoms with E-state index in [2.05, 4.69) is 38.7 Å². The lowest BCUT2D eigenvalue weighted by atomic mass is 10.1. The molecule has 0 aliphatic carbocycles. The van der Waals surface area contributed by atoms with E-state index < -0.39 is 6.10 Å². The van der Waals surface area contributed by atoms with Gasteiger partial charge in [-0.15, -0.1) is 11.3 Å². The smallest absolute Gasteiger partial charge is 0.191 e. The molecule has 3 N–H and O–H groups in total. The van der Waals surface area contributed by atoms with Crippen molar-refractivity contribution in [2.75, 3.05) is 39.8 Å². The summed E-state index contributed by atoms with van der Waals surface area (Å²) in [6.07, 6.45) is 3.46. The van der Waals surface area contributed by atoms with Crippen molar-refractivity contribution in [3.05, 3.63) is 35.2 Å². The van der Waals surface area contributed by atoms with Gasteiger partial charge < -0.3 is 20.6 Å². The van der Waals surface area contributed by atoms with E-state index in [-0.39, 0.29) is 0 Å². The lowest BCUT2D eigenvalue weighted by Gasteiger charge is -2.26. The highest BCUT2D eigenvalue weighted by Gasteiger charge is 2.13. The monoisotopic (exact) mass is 360 g/mol. The zero-order valence-corrected chi connectivity index (χ0v) is 15.7. The molecule has 3 rings (SSSR count). The summed E-state index contributed by atoms with van der Waals surface area (Å²) >= 11 is 1.64. The minimum Gasteiger partial charge on any atom is -0.386 e. The number of aliphatic hydroxyl groups excluding tert-OH is 1. The Kier molecular flexibility index (Phi) is 6.67. The van der Waals surface area contributed by atoms with Crippen LogP contribution in [0, 0.1) is 0 Å². The summed E-state index contributed by atoms with van der Waals surface area (Å²) in [5.74, 6) is 0.747. The topological polar surface area (TPSA) is 59.9 Å². The quantitative estimate of drug-likeness (QED) is 0.547. The van der Waals surface area contributed by atoms with Crippen molar-refractivity contribution in [2.45, 2.75) is 25.4 Å². The predicted molar refractivity (Wildman–Crippen MR) is 106 cm³/mol. The molecule has 0 radical (unpaired) electrons. The van der Waals surface area contributed by atoms with Gasteiger partial charge in [0.05, 0.1) is 0 Å². The molecule has 0 bridgehead atoms. The van der Waals surface area contributed by atoms with E-state index in [4.69, 9.17) is 0 Å². The molecule has 1 aromatic heterocycles. The minimum absolute atomic E-state index is 0.455. The van der Waals surface area contributed by atoms with Crippen molar-refractivity contribution in [2.24, 2.45) is 4.99 Å². The average Bonchev–Trinajstić information content (AvgIpc) is 3.09. The molecule has 1 saturated heterocycles. The summed E-state index contributed by atoms with van der Waals surface area (Å²) in [4.78, 5) is 7.73. The van der Waals surface area contributed by atoms with Gasteiger partial charge in [0, 0.05) is 36.3 Å². The highest BCUT2D eigenvalue weighted by molar-refractivity contribution is 7.19. The first-order valence-electron chi connectivity index (χ1n) is 9.09. The van der Waals surface area contributed by atoms with Crippen LogP contribution in [0.1, 0.15) is 30.2 Å². The van der Waals surface area contributed by atoms with E-state index in [9.17, 15) is 5.11 Å². The van der Waals surface area contributed by atoms with E-state index in [0.717, 1.165) is 23.9 Å². The molecule has 1 fully saturated rings. The fourth-order valence-corrected chi connectivity index (χ4v) is 4.25. The van der Waals surface area contributed by atoms with Crippen LogP contribution >= 0.6 is 11.3 Å². The van der Waals surface area contributed by atoms with Gasteiger partial charge in [0.25, 0.3) is 0 Å². The standard InChI is InChI=1S/C19H28N4OS/c1-20-19(21-9-12-23-10-5-2-6-11-23)22-14-16(24)18-13-15-7-3-4-8-17(15)25-18/h3-4,7-8,13,16,24H,2,5-6,9-12,14H2,1H3,(H2,20,21,22). The van der Waals surface area contributed by atoms with Gasteiger partial charge in [0.1, 0.15) is 6.10 Å². The van der Waals surface area contributed by atoms with Crippen LogP contribution in [0.5, 0.6) is 0 Å². The molecule has 1 aliphatic rings. The van der Waals surface area contributed by atoms with Crippen LogP contribution in [0.3, 0.4) is 0 Å². The van der Waals surface area contributed by atoms with E-state index in [1.807, 2.05) is 12.1 Å². The maximum Gasteiger partial charge on any atom is 0.191 e. The van der Waals surface area contributed by atoms with Gasteiger partial charge in [-0.05, 0) is 43.5 Å². The molecule has 0 saturated carbocycles. The Hall–Kier alpha value is -1.63. The van der Waals surface area contributed by atoms with Crippen molar-refractivity contribution in [3.63, 3.8) is 0 Å². The van der Waals surface area contributed by atoms with E-state index in [0.29, 0.717) is 6.54 Å². The SMILES string of the molecule is CN=C(NCCN1CCCCC1)NCC(O)c1cc2ccccc2s1. The predicted octanol–water partition coefficient (Wildman–Crippen LogP) is 2.59. The largest absolute Gasteiger partial charge is 0.386 e. The third-order valence-electron chi connectivity index (χ3n) is 4.63. The van der Waals surface area contributed by atoms with Crippen molar-refractivity contribution in [3.8, 4) is 0 Å². The summed E-state index contributed by atoms with van der Waals surface area (Å²) in [5.41, 5.74) is 0. The number of benzene rings is 1. The van der Waals surface area contributed by atoms with Gasteiger partial charge >= 0.3 is 0 Å². The highest BCUT2D eigenvalue weighted by atomic mass is 32.1. The lowest BCUT2D eigenvalue weighted by molar-refractivity contribution is 0.184. The second kappa shape index (κ2) is 9.17. The Balaban J connectivity index is 1.43. The molecule has 0 spiro atoms. The first-order chi connectivity index (χ1) is 12.3. The molecule has 1 aromatic carbocycles. The van der Waals surface area contributed by atoms with Crippen LogP contribution < -0.4 is 10.6 Å². The number of hydrogen-bond donors (Lipinski definition) is 3. The number of guanidine groups is 1. The first-order valence-corrected chi connectivity index (χ1v) is 9.91. The highest BCUT2D eigenvalue weighted by Crippen LogP contribution is 2.29. The van der Waals surface area contributed by atoms with Gasteiger partial charge in [0.2, 0.25) is 0 Å². The second-order valence-electron chi connectivity index (χ2n) is 6.48. The summed E-state index contributed by atoms with van der Waals surface area (Å²) in [5, 5.41) is 18.2. The number of nitrogens with zero attached hydrogens (tertiary/aromatic N) is 2. The van der Waals surface area contributed by atoms with E-state index in [1.165, 1.54) is 42.4 Å². The fraction of sp³-hybridized carbons (Fsp3) is 0.526. The number of nitrogens with one attached hydrogen (secondary N) is 2. The number of aliphatic imine (C=N–C) groups is 1. The zero-order valence-electron chi connectivity index (χ0n) is 14.9. The number of thiophene rings is 1. The van der Waals surface area contributed by atoms with Crippen molar-refractivity contribution in [1.29, 1.82) is 0 Å². The Bertz CT molecular complexity index is 661. The molecule has 0 amide bonds. The summed E-state index contributed by atoms with van der Waals surface area (Å²) in [6.45, 7) is 4.78. The number of likely N-dealkylation sites (tertiary alicyclic amines) is 1. The lowest BCUT2D eigenvalue weighted by Crippen LogP contribution is -2.43. The van der Waals surface area contributed by atoms with Crippen LogP contribution in [-0.2, 0) is 0 Å².